The zero-order valence-corrected chi connectivity index (χ0v) is 12.1. The van der Waals surface area contributed by atoms with E-state index in [4.69, 9.17) is 15.0 Å². The average molecular weight is 289 g/mol. The van der Waals surface area contributed by atoms with E-state index in [1.165, 1.54) is 12.8 Å². The van der Waals surface area contributed by atoms with Crippen molar-refractivity contribution in [2.75, 3.05) is 7.11 Å². The van der Waals surface area contributed by atoms with Crippen molar-refractivity contribution in [1.29, 1.82) is 0 Å². The predicted octanol–water partition coefficient (Wildman–Crippen LogP) is 2.04. The lowest BCUT2D eigenvalue weighted by Crippen LogP contribution is -2.36. The zero-order chi connectivity index (χ0) is 14.7. The normalized spacial score (nSPS) is 18.2. The molecule has 0 unspecified atom stereocenters. The summed E-state index contributed by atoms with van der Waals surface area (Å²) in [6.07, 6.45) is 6.37. The van der Waals surface area contributed by atoms with E-state index in [-0.39, 0.29) is 0 Å². The van der Waals surface area contributed by atoms with Crippen molar-refractivity contribution in [2.45, 2.75) is 44.1 Å². The first-order valence-corrected chi connectivity index (χ1v) is 7.22. The van der Waals surface area contributed by atoms with Crippen molar-refractivity contribution in [3.8, 4) is 17.4 Å². The average Bonchev–Trinajstić information content (AvgIpc) is 2.92. The van der Waals surface area contributed by atoms with Crippen molar-refractivity contribution < 1.29 is 9.26 Å². The molecule has 3 rings (SSSR count). The van der Waals surface area contributed by atoms with Crippen LogP contribution in [0.2, 0.25) is 0 Å². The number of aromatic nitrogens is 4. The van der Waals surface area contributed by atoms with Crippen LogP contribution in [0.15, 0.2) is 16.7 Å². The van der Waals surface area contributed by atoms with Gasteiger partial charge in [-0.25, -0.2) is 0 Å². The second kappa shape index (κ2) is 5.77. The maximum Gasteiger partial charge on any atom is 0.247 e. The van der Waals surface area contributed by atoms with Gasteiger partial charge in [0.15, 0.2) is 0 Å². The Morgan fingerprint density at radius 1 is 1.14 bits per heavy atom. The first kappa shape index (κ1) is 13.9. The van der Waals surface area contributed by atoms with Crippen molar-refractivity contribution in [3.63, 3.8) is 0 Å². The van der Waals surface area contributed by atoms with Crippen LogP contribution in [0.4, 0.5) is 0 Å². The lowest BCUT2D eigenvalue weighted by molar-refractivity contribution is 0.257. The number of methoxy groups -OCH3 is 1. The summed E-state index contributed by atoms with van der Waals surface area (Å²) in [5.41, 5.74) is 6.50. The molecule has 0 bridgehead atoms. The van der Waals surface area contributed by atoms with Crippen molar-refractivity contribution in [3.05, 3.63) is 18.0 Å². The zero-order valence-electron chi connectivity index (χ0n) is 12.1. The molecular weight excluding hydrogens is 270 g/mol. The molecule has 2 aromatic rings. The molecule has 0 aliphatic heterocycles. The summed E-state index contributed by atoms with van der Waals surface area (Å²) in [4.78, 5) is 4.43. The van der Waals surface area contributed by atoms with Gasteiger partial charge in [0.2, 0.25) is 17.6 Å². The summed E-state index contributed by atoms with van der Waals surface area (Å²) in [6.45, 7) is 0. The molecule has 2 heterocycles. The van der Waals surface area contributed by atoms with E-state index in [9.17, 15) is 0 Å². The number of rotatable bonds is 3. The maximum absolute atomic E-state index is 6.47. The molecule has 2 aromatic heterocycles. The molecule has 1 aliphatic carbocycles. The predicted molar refractivity (Wildman–Crippen MR) is 75.4 cm³/mol. The SMILES string of the molecule is COc1ccc(-c2noc(C3(N)CCCCCC3)n2)nn1. The van der Waals surface area contributed by atoms with Crippen LogP contribution in [0.5, 0.6) is 5.88 Å². The monoisotopic (exact) mass is 289 g/mol. The molecule has 0 radical (unpaired) electrons. The Kier molecular flexibility index (Phi) is 3.83. The molecular formula is C14H19N5O2. The van der Waals surface area contributed by atoms with Gasteiger partial charge in [-0.15, -0.1) is 10.2 Å². The summed E-state index contributed by atoms with van der Waals surface area (Å²) in [5, 5.41) is 11.9. The second-order valence-electron chi connectivity index (χ2n) is 5.45. The Hall–Kier alpha value is -2.02. The number of ether oxygens (including phenoxy) is 1. The summed E-state index contributed by atoms with van der Waals surface area (Å²) in [6, 6.07) is 3.46. The summed E-state index contributed by atoms with van der Waals surface area (Å²) < 4.78 is 10.4. The van der Waals surface area contributed by atoms with Gasteiger partial charge >= 0.3 is 0 Å². The van der Waals surface area contributed by atoms with Crippen molar-refractivity contribution in [1.82, 2.24) is 20.3 Å². The highest BCUT2D eigenvalue weighted by atomic mass is 16.5. The van der Waals surface area contributed by atoms with Crippen LogP contribution in [0.1, 0.15) is 44.4 Å². The molecule has 1 fully saturated rings. The lowest BCUT2D eigenvalue weighted by atomic mass is 9.91. The van der Waals surface area contributed by atoms with Gasteiger partial charge in [-0.1, -0.05) is 30.8 Å². The van der Waals surface area contributed by atoms with E-state index < -0.39 is 5.54 Å². The first-order chi connectivity index (χ1) is 10.2. The standard InChI is InChI=1S/C14H19N5O2/c1-20-11-7-6-10(17-18-11)12-16-13(21-19-12)14(15)8-4-2-3-5-9-14/h6-7H,2-5,8-9,15H2,1H3. The van der Waals surface area contributed by atoms with E-state index >= 15 is 0 Å². The van der Waals surface area contributed by atoms with Gasteiger partial charge in [-0.3, -0.25) is 0 Å². The molecule has 0 spiro atoms. The van der Waals surface area contributed by atoms with Gasteiger partial charge in [0.1, 0.15) is 5.69 Å². The van der Waals surface area contributed by atoms with E-state index in [0.29, 0.717) is 23.3 Å². The van der Waals surface area contributed by atoms with Gasteiger partial charge in [0, 0.05) is 6.07 Å². The minimum Gasteiger partial charge on any atom is -0.480 e. The van der Waals surface area contributed by atoms with Crippen LogP contribution < -0.4 is 10.5 Å². The Morgan fingerprint density at radius 3 is 2.52 bits per heavy atom. The van der Waals surface area contributed by atoms with E-state index in [2.05, 4.69) is 20.3 Å². The quantitative estimate of drug-likeness (QED) is 0.863. The number of nitrogens with two attached hydrogens (primary N) is 1. The Bertz CT molecular complexity index is 588. The highest BCUT2D eigenvalue weighted by molar-refractivity contribution is 5.47. The summed E-state index contributed by atoms with van der Waals surface area (Å²) in [5.74, 6) is 1.35. The van der Waals surface area contributed by atoms with Crippen molar-refractivity contribution >= 4 is 0 Å². The van der Waals surface area contributed by atoms with Crippen LogP contribution in [0, 0.1) is 0 Å². The van der Waals surface area contributed by atoms with E-state index in [1.807, 2.05) is 0 Å². The lowest BCUT2D eigenvalue weighted by Gasteiger charge is -2.22. The van der Waals surface area contributed by atoms with Crippen LogP contribution in [-0.2, 0) is 5.54 Å². The molecule has 1 saturated carbocycles. The number of nitrogens with zero attached hydrogens (tertiary/aromatic N) is 4. The van der Waals surface area contributed by atoms with Crippen LogP contribution in [0.3, 0.4) is 0 Å². The second-order valence-corrected chi connectivity index (χ2v) is 5.45. The maximum atomic E-state index is 6.47. The van der Waals surface area contributed by atoms with Crippen LogP contribution in [0.25, 0.3) is 11.5 Å². The van der Waals surface area contributed by atoms with E-state index in [0.717, 1.165) is 25.7 Å². The summed E-state index contributed by atoms with van der Waals surface area (Å²) >= 11 is 0. The van der Waals surface area contributed by atoms with E-state index in [1.54, 1.807) is 19.2 Å². The van der Waals surface area contributed by atoms with Gasteiger partial charge in [0.05, 0.1) is 12.6 Å². The molecule has 0 amide bonds. The molecule has 7 nitrogen and oxygen atoms in total. The first-order valence-electron chi connectivity index (χ1n) is 7.22. The fraction of sp³-hybridized carbons (Fsp3) is 0.571. The highest BCUT2D eigenvalue weighted by Crippen LogP contribution is 2.33. The van der Waals surface area contributed by atoms with Crippen LogP contribution >= 0.6 is 0 Å². The molecule has 0 saturated heterocycles. The molecule has 0 aromatic carbocycles. The fourth-order valence-electron chi connectivity index (χ4n) is 2.65. The largest absolute Gasteiger partial charge is 0.480 e. The van der Waals surface area contributed by atoms with Gasteiger partial charge in [-0.05, 0) is 18.9 Å². The molecule has 7 heteroatoms. The third-order valence-corrected chi connectivity index (χ3v) is 3.93. The van der Waals surface area contributed by atoms with Crippen LogP contribution in [-0.4, -0.2) is 27.4 Å². The third kappa shape index (κ3) is 2.87. The minimum atomic E-state index is -0.512. The molecule has 112 valence electrons. The number of hydrogen-bond acceptors (Lipinski definition) is 7. The smallest absolute Gasteiger partial charge is 0.247 e. The van der Waals surface area contributed by atoms with Gasteiger partial charge in [0.25, 0.3) is 0 Å². The third-order valence-electron chi connectivity index (χ3n) is 3.93. The van der Waals surface area contributed by atoms with Gasteiger partial charge < -0.3 is 15.0 Å². The number of hydrogen-bond donors (Lipinski definition) is 1. The Labute approximate surface area is 122 Å². The van der Waals surface area contributed by atoms with Gasteiger partial charge in [-0.2, -0.15) is 4.98 Å². The molecule has 0 atom stereocenters. The Morgan fingerprint density at radius 2 is 1.90 bits per heavy atom. The Balaban J connectivity index is 1.84. The minimum absolute atomic E-state index is 0.411. The fourth-order valence-corrected chi connectivity index (χ4v) is 2.65. The molecule has 2 N–H and O–H groups in total. The summed E-state index contributed by atoms with van der Waals surface area (Å²) in [7, 11) is 1.54. The highest BCUT2D eigenvalue weighted by Gasteiger charge is 2.34. The topological polar surface area (TPSA) is 100.0 Å². The molecule has 1 aliphatic rings. The molecule has 21 heavy (non-hydrogen) atoms. The van der Waals surface area contributed by atoms with Crippen molar-refractivity contribution in [2.24, 2.45) is 5.73 Å².